The highest BCUT2D eigenvalue weighted by atomic mass is 35.5. The molecule has 0 saturated heterocycles. The van der Waals surface area contributed by atoms with E-state index in [0.29, 0.717) is 6.42 Å². The topological polar surface area (TPSA) is 43.1 Å². The van der Waals surface area contributed by atoms with E-state index in [1.807, 2.05) is 0 Å². The molecule has 0 aromatic rings. The lowest BCUT2D eigenvalue weighted by molar-refractivity contribution is -0.118. The van der Waals surface area contributed by atoms with Crippen LogP contribution in [0.4, 0.5) is 0 Å². The Morgan fingerprint density at radius 1 is 1.44 bits per heavy atom. The molecule has 9 heavy (non-hydrogen) atoms. The van der Waals surface area contributed by atoms with Gasteiger partial charge in [-0.25, -0.2) is 0 Å². The molecule has 0 spiro atoms. The van der Waals surface area contributed by atoms with E-state index < -0.39 is 0 Å². The zero-order valence-corrected chi connectivity index (χ0v) is 6.54. The van der Waals surface area contributed by atoms with E-state index in [0.717, 1.165) is 19.3 Å². The summed E-state index contributed by atoms with van der Waals surface area (Å²) in [7, 11) is 0. The van der Waals surface area contributed by atoms with Crippen molar-refractivity contribution in [2.45, 2.75) is 32.6 Å². The Labute approximate surface area is 62.2 Å². The summed E-state index contributed by atoms with van der Waals surface area (Å²) < 4.78 is 0. The van der Waals surface area contributed by atoms with Gasteiger partial charge in [0, 0.05) is 6.42 Å². The van der Waals surface area contributed by atoms with Crippen LogP contribution in [-0.2, 0) is 4.79 Å². The van der Waals surface area contributed by atoms with Crippen LogP contribution in [0.15, 0.2) is 0 Å². The zero-order chi connectivity index (χ0) is 6.41. The predicted molar refractivity (Wildman–Crippen MR) is 40.6 cm³/mol. The molecule has 2 N–H and O–H groups in total. The Bertz CT molecular complexity index is 75.5. The number of halogens is 1. The maximum atomic E-state index is 10.1. The van der Waals surface area contributed by atoms with Gasteiger partial charge in [-0.1, -0.05) is 19.8 Å². The maximum absolute atomic E-state index is 10.1. The minimum absolute atomic E-state index is 0. The quantitative estimate of drug-likeness (QED) is 0.608. The van der Waals surface area contributed by atoms with Gasteiger partial charge in [-0.05, 0) is 6.42 Å². The number of nitrogens with two attached hydrogens (primary N) is 1. The van der Waals surface area contributed by atoms with Crippen LogP contribution in [-0.4, -0.2) is 5.91 Å². The Morgan fingerprint density at radius 3 is 2.33 bits per heavy atom. The summed E-state index contributed by atoms with van der Waals surface area (Å²) >= 11 is 0. The number of amides is 1. The lowest BCUT2D eigenvalue weighted by atomic mass is 10.2. The highest BCUT2D eigenvalue weighted by Crippen LogP contribution is 1.96. The molecule has 1 amide bonds. The minimum Gasteiger partial charge on any atom is -0.370 e. The van der Waals surface area contributed by atoms with Crippen molar-refractivity contribution in [3.8, 4) is 0 Å². The van der Waals surface area contributed by atoms with Crippen molar-refractivity contribution in [2.75, 3.05) is 0 Å². The molecule has 2 nitrogen and oxygen atoms in total. The van der Waals surface area contributed by atoms with Gasteiger partial charge >= 0.3 is 0 Å². The van der Waals surface area contributed by atoms with Crippen LogP contribution >= 0.6 is 12.4 Å². The van der Waals surface area contributed by atoms with Crippen molar-refractivity contribution >= 4 is 18.3 Å². The highest BCUT2D eigenvalue weighted by molar-refractivity contribution is 5.85. The van der Waals surface area contributed by atoms with Gasteiger partial charge in [0.05, 0.1) is 0 Å². The van der Waals surface area contributed by atoms with Gasteiger partial charge in [-0.3, -0.25) is 4.79 Å². The van der Waals surface area contributed by atoms with E-state index in [-0.39, 0.29) is 18.3 Å². The van der Waals surface area contributed by atoms with Crippen LogP contribution in [0.2, 0.25) is 0 Å². The summed E-state index contributed by atoms with van der Waals surface area (Å²) in [5.41, 5.74) is 4.89. The van der Waals surface area contributed by atoms with E-state index in [1.54, 1.807) is 0 Å². The second kappa shape index (κ2) is 7.76. The fourth-order valence-electron chi connectivity index (χ4n) is 0.549. The number of carbonyl (C=O) groups excluding carboxylic acids is 1. The number of hydrogen-bond acceptors (Lipinski definition) is 1. The molecule has 0 aliphatic heterocycles. The number of primary amides is 1. The standard InChI is InChI=1S/C6H13NO.ClH/c1-2-3-4-5-6(7)8;/h2-5H2,1H3,(H2,7,8);1H. The van der Waals surface area contributed by atoms with Gasteiger partial charge in [0.2, 0.25) is 5.91 Å². The summed E-state index contributed by atoms with van der Waals surface area (Å²) in [5, 5.41) is 0. The van der Waals surface area contributed by atoms with E-state index in [4.69, 9.17) is 5.73 Å². The normalized spacial score (nSPS) is 8.11. The number of hydrogen-bond donors (Lipinski definition) is 1. The molecule has 0 fully saturated rings. The predicted octanol–water partition coefficient (Wildman–Crippen LogP) is 1.47. The molecule has 0 aliphatic rings. The second-order valence-electron chi connectivity index (χ2n) is 1.92. The SMILES string of the molecule is CCCCCC(N)=O.Cl. The van der Waals surface area contributed by atoms with E-state index in [2.05, 4.69) is 6.92 Å². The maximum Gasteiger partial charge on any atom is 0.217 e. The molecule has 0 rings (SSSR count). The Kier molecular flexibility index (Phi) is 9.95. The lowest BCUT2D eigenvalue weighted by Crippen LogP contribution is -2.09. The van der Waals surface area contributed by atoms with Crippen molar-refractivity contribution in [2.24, 2.45) is 5.73 Å². The summed E-state index contributed by atoms with van der Waals surface area (Å²) in [6, 6.07) is 0. The molecule has 56 valence electrons. The molecule has 0 unspecified atom stereocenters. The average Bonchev–Trinajstić information content (AvgIpc) is 1.66. The first kappa shape index (κ1) is 11.5. The van der Waals surface area contributed by atoms with E-state index >= 15 is 0 Å². The molecule has 0 heterocycles. The molecule has 0 aliphatic carbocycles. The van der Waals surface area contributed by atoms with Gasteiger partial charge < -0.3 is 5.73 Å². The summed E-state index contributed by atoms with van der Waals surface area (Å²) in [4.78, 5) is 10.1. The molecule has 3 heteroatoms. The average molecular weight is 152 g/mol. The zero-order valence-electron chi connectivity index (χ0n) is 5.72. The summed E-state index contributed by atoms with van der Waals surface area (Å²) in [5.74, 6) is -0.182. The Morgan fingerprint density at radius 2 is 2.00 bits per heavy atom. The van der Waals surface area contributed by atoms with Gasteiger partial charge in [0.1, 0.15) is 0 Å². The number of carbonyl (C=O) groups is 1. The van der Waals surface area contributed by atoms with E-state index in [1.165, 1.54) is 0 Å². The van der Waals surface area contributed by atoms with Crippen LogP contribution in [0.3, 0.4) is 0 Å². The van der Waals surface area contributed by atoms with Gasteiger partial charge in [0.25, 0.3) is 0 Å². The number of unbranched alkanes of at least 4 members (excludes halogenated alkanes) is 2. The van der Waals surface area contributed by atoms with Gasteiger partial charge in [0.15, 0.2) is 0 Å². The van der Waals surface area contributed by atoms with Crippen molar-refractivity contribution in [1.82, 2.24) is 0 Å². The molecule has 0 atom stereocenters. The number of rotatable bonds is 4. The van der Waals surface area contributed by atoms with Crippen molar-refractivity contribution in [3.63, 3.8) is 0 Å². The first-order chi connectivity index (χ1) is 3.77. The molecular formula is C6H14ClNO. The summed E-state index contributed by atoms with van der Waals surface area (Å²) in [6.45, 7) is 2.10. The van der Waals surface area contributed by atoms with Crippen LogP contribution in [0.1, 0.15) is 32.6 Å². The molecule has 0 radical (unpaired) electrons. The first-order valence-corrected chi connectivity index (χ1v) is 3.05. The fraction of sp³-hybridized carbons (Fsp3) is 0.833. The van der Waals surface area contributed by atoms with Crippen molar-refractivity contribution in [1.29, 1.82) is 0 Å². The third-order valence-electron chi connectivity index (χ3n) is 1.03. The van der Waals surface area contributed by atoms with Crippen LogP contribution < -0.4 is 5.73 Å². The minimum atomic E-state index is -0.182. The molecule has 0 saturated carbocycles. The third kappa shape index (κ3) is 11.4. The van der Waals surface area contributed by atoms with E-state index in [9.17, 15) is 4.79 Å². The van der Waals surface area contributed by atoms with Crippen LogP contribution in [0.25, 0.3) is 0 Å². The molecule has 0 aromatic carbocycles. The third-order valence-corrected chi connectivity index (χ3v) is 1.03. The van der Waals surface area contributed by atoms with Gasteiger partial charge in [-0.15, -0.1) is 12.4 Å². The monoisotopic (exact) mass is 151 g/mol. The van der Waals surface area contributed by atoms with Crippen LogP contribution in [0, 0.1) is 0 Å². The smallest absolute Gasteiger partial charge is 0.217 e. The fourth-order valence-corrected chi connectivity index (χ4v) is 0.549. The van der Waals surface area contributed by atoms with Crippen LogP contribution in [0.5, 0.6) is 0 Å². The Hall–Kier alpha value is -0.240. The van der Waals surface area contributed by atoms with Crippen molar-refractivity contribution < 1.29 is 4.79 Å². The molecular weight excluding hydrogens is 138 g/mol. The second-order valence-corrected chi connectivity index (χ2v) is 1.92. The Balaban J connectivity index is 0. The lowest BCUT2D eigenvalue weighted by Gasteiger charge is -1.90. The highest BCUT2D eigenvalue weighted by Gasteiger charge is 1.90. The van der Waals surface area contributed by atoms with Crippen molar-refractivity contribution in [3.05, 3.63) is 0 Å². The first-order valence-electron chi connectivity index (χ1n) is 3.05. The summed E-state index contributed by atoms with van der Waals surface area (Å²) in [6.07, 6.45) is 3.76. The largest absolute Gasteiger partial charge is 0.370 e. The molecule has 0 aromatic heterocycles. The van der Waals surface area contributed by atoms with Gasteiger partial charge in [-0.2, -0.15) is 0 Å². The molecule has 0 bridgehead atoms.